The molecule has 0 radical (unpaired) electrons. The predicted molar refractivity (Wildman–Crippen MR) is 214 cm³/mol. The van der Waals surface area contributed by atoms with Crippen molar-refractivity contribution in [1.29, 1.82) is 0 Å². The van der Waals surface area contributed by atoms with E-state index < -0.39 is 0 Å². The van der Waals surface area contributed by atoms with E-state index in [1.807, 2.05) is 12.1 Å². The van der Waals surface area contributed by atoms with Gasteiger partial charge in [-0.2, -0.15) is 0 Å². The smallest absolute Gasteiger partial charge is 0.135 e. The van der Waals surface area contributed by atoms with Crippen LogP contribution >= 0.6 is 0 Å². The molecule has 2 heterocycles. The number of rotatable bonds is 6. The van der Waals surface area contributed by atoms with E-state index in [1.165, 1.54) is 32.9 Å². The number of para-hydroxylation sites is 4. The van der Waals surface area contributed by atoms with Gasteiger partial charge in [-0.1, -0.05) is 127 Å². The standard InChI is InChI=1S/C48H32N2O/c1-3-13-34(14-4-1)39-17-7-10-20-44(39)49(37-26-23-33(24-27-37)35-25-30-48-43(31-35)42-19-9-12-22-47(42)51-48)38-28-29-41-40-18-8-11-21-45(40)50(46(41)32-38)36-15-5-2-6-16-36/h1-32H. The molecule has 3 heteroatoms. The first kappa shape index (κ1) is 29.1. The Morgan fingerprint density at radius 2 is 1.00 bits per heavy atom. The molecule has 8 aromatic carbocycles. The third kappa shape index (κ3) is 4.90. The van der Waals surface area contributed by atoms with Gasteiger partial charge in [-0.15, -0.1) is 0 Å². The zero-order valence-corrected chi connectivity index (χ0v) is 27.8. The number of nitrogens with zero attached hydrogens (tertiary/aromatic N) is 2. The maximum absolute atomic E-state index is 6.12. The predicted octanol–water partition coefficient (Wildman–Crippen LogP) is 13.5. The highest BCUT2D eigenvalue weighted by Gasteiger charge is 2.20. The van der Waals surface area contributed by atoms with Gasteiger partial charge in [0.15, 0.2) is 0 Å². The van der Waals surface area contributed by atoms with E-state index in [9.17, 15) is 0 Å². The van der Waals surface area contributed by atoms with Crippen LogP contribution in [0, 0.1) is 0 Å². The molecule has 0 unspecified atom stereocenters. The van der Waals surface area contributed by atoms with E-state index in [2.05, 4.69) is 191 Å². The fourth-order valence-corrected chi connectivity index (χ4v) is 7.62. The molecule has 0 fully saturated rings. The Morgan fingerprint density at radius 3 is 1.84 bits per heavy atom. The molecule has 0 amide bonds. The molecule has 0 aliphatic carbocycles. The average molecular weight is 653 g/mol. The maximum atomic E-state index is 6.12. The molecule has 51 heavy (non-hydrogen) atoms. The molecule has 0 spiro atoms. The van der Waals surface area contributed by atoms with Gasteiger partial charge in [0, 0.05) is 44.2 Å². The molecule has 0 saturated heterocycles. The van der Waals surface area contributed by atoms with Crippen molar-refractivity contribution in [2.45, 2.75) is 0 Å². The fraction of sp³-hybridized carbons (Fsp3) is 0. The first-order chi connectivity index (χ1) is 25.3. The van der Waals surface area contributed by atoms with Crippen molar-refractivity contribution in [3.8, 4) is 27.9 Å². The number of hydrogen-bond donors (Lipinski definition) is 0. The summed E-state index contributed by atoms with van der Waals surface area (Å²) in [6, 6.07) is 69.3. The highest BCUT2D eigenvalue weighted by Crippen LogP contribution is 2.44. The Kier molecular flexibility index (Phi) is 6.81. The van der Waals surface area contributed by atoms with Gasteiger partial charge in [0.1, 0.15) is 11.2 Å². The summed E-state index contributed by atoms with van der Waals surface area (Å²) in [4.78, 5) is 2.39. The van der Waals surface area contributed by atoms with Crippen LogP contribution in [0.4, 0.5) is 17.1 Å². The second kappa shape index (κ2) is 11.9. The van der Waals surface area contributed by atoms with Crippen LogP contribution in [0.3, 0.4) is 0 Å². The first-order valence-electron chi connectivity index (χ1n) is 17.4. The van der Waals surface area contributed by atoms with Gasteiger partial charge in [-0.25, -0.2) is 0 Å². The molecule has 240 valence electrons. The van der Waals surface area contributed by atoms with Gasteiger partial charge in [-0.05, 0) is 83.4 Å². The largest absolute Gasteiger partial charge is 0.456 e. The minimum absolute atomic E-state index is 0.906. The quantitative estimate of drug-likeness (QED) is 0.178. The lowest BCUT2D eigenvalue weighted by atomic mass is 10.00. The molecule has 2 aromatic heterocycles. The molecule has 0 aliphatic heterocycles. The molecular formula is C48H32N2O. The monoisotopic (exact) mass is 652 g/mol. The van der Waals surface area contributed by atoms with Crippen LogP contribution in [-0.4, -0.2) is 4.57 Å². The number of fused-ring (bicyclic) bond motifs is 6. The van der Waals surface area contributed by atoms with Crippen molar-refractivity contribution in [2.75, 3.05) is 4.90 Å². The van der Waals surface area contributed by atoms with Crippen molar-refractivity contribution >= 4 is 60.8 Å². The molecule has 0 bridgehead atoms. The summed E-state index contributed by atoms with van der Waals surface area (Å²) in [5.41, 5.74) is 13.3. The number of hydrogen-bond acceptors (Lipinski definition) is 2. The van der Waals surface area contributed by atoms with Crippen LogP contribution < -0.4 is 4.90 Å². The summed E-state index contributed by atoms with van der Waals surface area (Å²) in [5, 5.41) is 4.74. The van der Waals surface area contributed by atoms with E-state index in [0.29, 0.717) is 0 Å². The normalized spacial score (nSPS) is 11.5. The Hall–Kier alpha value is -6.84. The van der Waals surface area contributed by atoms with Crippen LogP contribution in [0.25, 0.3) is 71.7 Å². The number of benzene rings is 8. The van der Waals surface area contributed by atoms with E-state index in [1.54, 1.807) is 0 Å². The molecule has 0 atom stereocenters. The third-order valence-electron chi connectivity index (χ3n) is 10.00. The Labute approximate surface area is 295 Å². The van der Waals surface area contributed by atoms with Gasteiger partial charge in [-0.3, -0.25) is 0 Å². The van der Waals surface area contributed by atoms with Crippen LogP contribution in [0.5, 0.6) is 0 Å². The first-order valence-corrected chi connectivity index (χ1v) is 17.4. The zero-order valence-electron chi connectivity index (χ0n) is 27.8. The molecule has 10 rings (SSSR count). The van der Waals surface area contributed by atoms with Crippen LogP contribution in [0.1, 0.15) is 0 Å². The Balaban J connectivity index is 1.16. The van der Waals surface area contributed by atoms with Crippen molar-refractivity contribution in [3.63, 3.8) is 0 Å². The van der Waals surface area contributed by atoms with Gasteiger partial charge in [0.05, 0.1) is 16.7 Å². The van der Waals surface area contributed by atoms with Crippen LogP contribution in [0.2, 0.25) is 0 Å². The third-order valence-corrected chi connectivity index (χ3v) is 10.00. The average Bonchev–Trinajstić information content (AvgIpc) is 3.74. The molecule has 0 saturated carbocycles. The molecule has 3 nitrogen and oxygen atoms in total. The van der Waals surface area contributed by atoms with Crippen LogP contribution in [0.15, 0.2) is 199 Å². The Bertz CT molecular complexity index is 2850. The number of anilines is 3. The van der Waals surface area contributed by atoms with Crippen LogP contribution in [-0.2, 0) is 0 Å². The minimum Gasteiger partial charge on any atom is -0.456 e. The summed E-state index contributed by atoms with van der Waals surface area (Å²) >= 11 is 0. The van der Waals surface area contributed by atoms with Crippen molar-refractivity contribution in [3.05, 3.63) is 194 Å². The summed E-state index contributed by atoms with van der Waals surface area (Å²) in [7, 11) is 0. The molecule has 0 aliphatic rings. The summed E-state index contributed by atoms with van der Waals surface area (Å²) < 4.78 is 8.50. The highest BCUT2D eigenvalue weighted by molar-refractivity contribution is 6.11. The molecule has 10 aromatic rings. The van der Waals surface area contributed by atoms with E-state index in [4.69, 9.17) is 4.42 Å². The lowest BCUT2D eigenvalue weighted by Gasteiger charge is -2.28. The van der Waals surface area contributed by atoms with Gasteiger partial charge >= 0.3 is 0 Å². The van der Waals surface area contributed by atoms with Crippen molar-refractivity contribution in [1.82, 2.24) is 4.57 Å². The lowest BCUT2D eigenvalue weighted by Crippen LogP contribution is -2.11. The molecule has 0 N–H and O–H groups in total. The molecular weight excluding hydrogens is 621 g/mol. The highest BCUT2D eigenvalue weighted by atomic mass is 16.3. The van der Waals surface area contributed by atoms with Crippen molar-refractivity contribution < 1.29 is 4.42 Å². The van der Waals surface area contributed by atoms with E-state index in [0.717, 1.165) is 55.8 Å². The van der Waals surface area contributed by atoms with E-state index >= 15 is 0 Å². The summed E-state index contributed by atoms with van der Waals surface area (Å²) in [6.45, 7) is 0. The maximum Gasteiger partial charge on any atom is 0.135 e. The lowest BCUT2D eigenvalue weighted by molar-refractivity contribution is 0.669. The second-order valence-corrected chi connectivity index (χ2v) is 13.0. The fourth-order valence-electron chi connectivity index (χ4n) is 7.62. The Morgan fingerprint density at radius 1 is 0.373 bits per heavy atom. The van der Waals surface area contributed by atoms with E-state index in [-0.39, 0.29) is 0 Å². The van der Waals surface area contributed by atoms with Gasteiger partial charge < -0.3 is 13.9 Å². The number of furan rings is 1. The van der Waals surface area contributed by atoms with Gasteiger partial charge in [0.25, 0.3) is 0 Å². The van der Waals surface area contributed by atoms with Crippen molar-refractivity contribution in [2.24, 2.45) is 0 Å². The minimum atomic E-state index is 0.906. The SMILES string of the molecule is c1ccc(-c2ccccc2N(c2ccc(-c3ccc4oc5ccccc5c4c3)cc2)c2ccc3c4ccccc4n(-c4ccccc4)c3c2)cc1. The summed E-state index contributed by atoms with van der Waals surface area (Å²) in [6.07, 6.45) is 0. The number of aromatic nitrogens is 1. The second-order valence-electron chi connectivity index (χ2n) is 13.0. The zero-order chi connectivity index (χ0) is 33.7. The summed E-state index contributed by atoms with van der Waals surface area (Å²) in [5.74, 6) is 0. The topological polar surface area (TPSA) is 21.3 Å². The van der Waals surface area contributed by atoms with Gasteiger partial charge in [0.2, 0.25) is 0 Å².